The third kappa shape index (κ3) is 5.11. The number of hydrogen-bond donors (Lipinski definition) is 0. The zero-order chi connectivity index (χ0) is 16.1. The Balaban J connectivity index is 5.07. The second-order valence-corrected chi connectivity index (χ2v) is 5.26. The van der Waals surface area contributed by atoms with E-state index in [1.165, 1.54) is 41.5 Å². The number of esters is 2. The van der Waals surface area contributed by atoms with Gasteiger partial charge in [-0.25, -0.2) is 0 Å². The molecule has 0 saturated heterocycles. The van der Waals surface area contributed by atoms with Gasteiger partial charge in [0.2, 0.25) is 0 Å². The zero-order valence-corrected chi connectivity index (χ0v) is 12.9. The van der Waals surface area contributed by atoms with Gasteiger partial charge in [-0.1, -0.05) is 0 Å². The first kappa shape index (κ1) is 18.3. The molecule has 0 aliphatic rings. The summed E-state index contributed by atoms with van der Waals surface area (Å²) in [6.45, 7) is 7.98. The Morgan fingerprint density at radius 2 is 0.950 bits per heavy atom. The van der Waals surface area contributed by atoms with Crippen molar-refractivity contribution in [1.82, 2.24) is 0 Å². The molecule has 0 amide bonds. The van der Waals surface area contributed by atoms with Crippen LogP contribution in [-0.4, -0.2) is 34.7 Å². The Kier molecular flexibility index (Phi) is 6.06. The van der Waals surface area contributed by atoms with Crippen molar-refractivity contribution in [3.63, 3.8) is 0 Å². The fourth-order valence-electron chi connectivity index (χ4n) is 1.71. The maximum absolute atomic E-state index is 11.6. The number of ether oxygens (including phenoxy) is 2. The molecule has 114 valence electrons. The van der Waals surface area contributed by atoms with Crippen LogP contribution in [0.2, 0.25) is 0 Å². The van der Waals surface area contributed by atoms with Gasteiger partial charge in [0.1, 0.15) is 0 Å². The first-order chi connectivity index (χ1) is 8.93. The lowest BCUT2D eigenvalue weighted by atomic mass is 9.87. The molecule has 6 nitrogen and oxygen atoms in total. The third-order valence-electron chi connectivity index (χ3n) is 3.31. The summed E-state index contributed by atoms with van der Waals surface area (Å²) in [6, 6.07) is 0. The number of rotatable bonds is 7. The van der Waals surface area contributed by atoms with E-state index in [2.05, 4.69) is 0 Å². The van der Waals surface area contributed by atoms with Gasteiger partial charge in [0.05, 0.1) is 0 Å². The molecule has 0 aromatic carbocycles. The maximum atomic E-state index is 11.6. The Bertz CT molecular complexity index is 387. The van der Waals surface area contributed by atoms with Gasteiger partial charge < -0.3 is 9.47 Å². The number of carbonyl (C=O) groups is 4. The van der Waals surface area contributed by atoms with Crippen molar-refractivity contribution in [2.75, 3.05) is 0 Å². The molecule has 2 atom stereocenters. The van der Waals surface area contributed by atoms with Crippen molar-refractivity contribution in [2.24, 2.45) is 0 Å². The Morgan fingerprint density at radius 3 is 1.10 bits per heavy atom. The molecule has 20 heavy (non-hydrogen) atoms. The summed E-state index contributed by atoms with van der Waals surface area (Å²) in [7, 11) is 0. The van der Waals surface area contributed by atoms with Crippen molar-refractivity contribution in [3.8, 4) is 0 Å². The highest BCUT2D eigenvalue weighted by Gasteiger charge is 2.40. The van der Waals surface area contributed by atoms with Gasteiger partial charge in [0.15, 0.2) is 22.8 Å². The molecule has 0 spiro atoms. The molecule has 0 aromatic rings. The normalized spacial score (nSPS) is 16.5. The quantitative estimate of drug-likeness (QED) is 0.660. The summed E-state index contributed by atoms with van der Waals surface area (Å²) in [6.07, 6.45) is 0.177. The van der Waals surface area contributed by atoms with Crippen LogP contribution in [0.25, 0.3) is 0 Å². The topological polar surface area (TPSA) is 86.7 Å². The molecule has 0 radical (unpaired) electrons. The van der Waals surface area contributed by atoms with Gasteiger partial charge in [0.25, 0.3) is 0 Å². The fraction of sp³-hybridized carbons (Fsp3) is 0.714. The lowest BCUT2D eigenvalue weighted by Gasteiger charge is -2.32. The molecule has 0 aromatic heterocycles. The average Bonchev–Trinajstić information content (AvgIpc) is 2.24. The van der Waals surface area contributed by atoms with Crippen LogP contribution >= 0.6 is 0 Å². The standard InChI is InChI=1S/C14H22O6/c1-9(15)13(5,19-11(3)17)7-8-14(6,10(2)16)20-12(4)18/h7-8H2,1-6H3/t13-,14-/m0/s1. The van der Waals surface area contributed by atoms with E-state index in [1.807, 2.05) is 0 Å². The molecule has 0 unspecified atom stereocenters. The van der Waals surface area contributed by atoms with Crippen molar-refractivity contribution in [3.05, 3.63) is 0 Å². The number of hydrogen-bond acceptors (Lipinski definition) is 6. The predicted molar refractivity (Wildman–Crippen MR) is 70.9 cm³/mol. The predicted octanol–water partition coefficient (Wildman–Crippen LogP) is 1.59. The summed E-state index contributed by atoms with van der Waals surface area (Å²) in [4.78, 5) is 45.4. The highest BCUT2D eigenvalue weighted by Crippen LogP contribution is 2.27. The smallest absolute Gasteiger partial charge is 0.303 e. The molecule has 6 heteroatoms. The van der Waals surface area contributed by atoms with Gasteiger partial charge in [-0.05, 0) is 40.5 Å². The molecule has 0 aliphatic carbocycles. The van der Waals surface area contributed by atoms with Gasteiger partial charge in [-0.2, -0.15) is 0 Å². The van der Waals surface area contributed by atoms with Crippen LogP contribution in [0.1, 0.15) is 54.4 Å². The van der Waals surface area contributed by atoms with Gasteiger partial charge in [0, 0.05) is 13.8 Å². The van der Waals surface area contributed by atoms with Crippen molar-refractivity contribution in [2.45, 2.75) is 65.6 Å². The summed E-state index contributed by atoms with van der Waals surface area (Å²) in [5.41, 5.74) is -2.66. The molecular formula is C14H22O6. The summed E-state index contributed by atoms with van der Waals surface area (Å²) < 4.78 is 10.1. The van der Waals surface area contributed by atoms with E-state index in [9.17, 15) is 19.2 Å². The van der Waals surface area contributed by atoms with E-state index in [0.717, 1.165) is 0 Å². The van der Waals surface area contributed by atoms with Crippen molar-refractivity contribution < 1.29 is 28.7 Å². The van der Waals surface area contributed by atoms with E-state index >= 15 is 0 Å². The van der Waals surface area contributed by atoms with Crippen LogP contribution in [0.4, 0.5) is 0 Å². The van der Waals surface area contributed by atoms with Crippen LogP contribution in [0, 0.1) is 0 Å². The van der Waals surface area contributed by atoms with Crippen LogP contribution in [0.3, 0.4) is 0 Å². The van der Waals surface area contributed by atoms with Gasteiger partial charge in [-0.15, -0.1) is 0 Å². The minimum atomic E-state index is -1.33. The highest BCUT2D eigenvalue weighted by atomic mass is 16.6. The first-order valence-corrected chi connectivity index (χ1v) is 6.34. The highest BCUT2D eigenvalue weighted by molar-refractivity contribution is 5.88. The monoisotopic (exact) mass is 286 g/mol. The van der Waals surface area contributed by atoms with Crippen molar-refractivity contribution in [1.29, 1.82) is 0 Å². The molecule has 0 bridgehead atoms. The number of ketones is 2. The second-order valence-electron chi connectivity index (χ2n) is 5.26. The summed E-state index contributed by atoms with van der Waals surface area (Å²) >= 11 is 0. The molecule has 0 fully saturated rings. The molecule has 0 aliphatic heterocycles. The van der Waals surface area contributed by atoms with Crippen molar-refractivity contribution >= 4 is 23.5 Å². The minimum absolute atomic E-state index is 0.0886. The van der Waals surface area contributed by atoms with Crippen LogP contribution in [-0.2, 0) is 28.7 Å². The number of Topliss-reactive ketones (excluding diaryl/α,β-unsaturated/α-hetero) is 2. The molecule has 0 heterocycles. The summed E-state index contributed by atoms with van der Waals surface area (Å²) in [5.74, 6) is -1.83. The molecule has 0 rings (SSSR count). The maximum Gasteiger partial charge on any atom is 0.303 e. The zero-order valence-electron chi connectivity index (χ0n) is 12.9. The Morgan fingerprint density at radius 1 is 0.700 bits per heavy atom. The molecule has 0 saturated carbocycles. The average molecular weight is 286 g/mol. The summed E-state index contributed by atoms with van der Waals surface area (Å²) in [5, 5.41) is 0. The largest absolute Gasteiger partial charge is 0.452 e. The fourth-order valence-corrected chi connectivity index (χ4v) is 1.71. The van der Waals surface area contributed by atoms with Crippen LogP contribution in [0.5, 0.6) is 0 Å². The van der Waals surface area contributed by atoms with E-state index < -0.39 is 23.1 Å². The van der Waals surface area contributed by atoms with E-state index in [4.69, 9.17) is 9.47 Å². The number of carbonyl (C=O) groups excluding carboxylic acids is 4. The molecule has 0 N–H and O–H groups in total. The van der Waals surface area contributed by atoms with Gasteiger partial charge in [-0.3, -0.25) is 19.2 Å². The van der Waals surface area contributed by atoms with Crippen LogP contribution in [0.15, 0.2) is 0 Å². The lowest BCUT2D eigenvalue weighted by Crippen LogP contribution is -2.44. The Hall–Kier alpha value is -1.72. The van der Waals surface area contributed by atoms with Gasteiger partial charge >= 0.3 is 11.9 Å². The van der Waals surface area contributed by atoms with E-state index in [-0.39, 0.29) is 24.4 Å². The van der Waals surface area contributed by atoms with Crippen LogP contribution < -0.4 is 0 Å². The minimum Gasteiger partial charge on any atom is -0.452 e. The lowest BCUT2D eigenvalue weighted by molar-refractivity contribution is -0.170. The molecular weight excluding hydrogens is 264 g/mol. The van der Waals surface area contributed by atoms with E-state index in [1.54, 1.807) is 0 Å². The second kappa shape index (κ2) is 6.63. The third-order valence-corrected chi connectivity index (χ3v) is 3.31. The Labute approximate surface area is 118 Å². The SMILES string of the molecule is CC(=O)O[C@@](C)(CC[C@](C)(OC(C)=O)C(C)=O)C(C)=O. The van der Waals surface area contributed by atoms with E-state index in [0.29, 0.717) is 0 Å². The first-order valence-electron chi connectivity index (χ1n) is 6.34.